The van der Waals surface area contributed by atoms with Crippen molar-refractivity contribution in [3.05, 3.63) is 82.9 Å². The van der Waals surface area contributed by atoms with Gasteiger partial charge in [-0.1, -0.05) is 45.0 Å². The number of carbonyl (C=O) groups is 1. The van der Waals surface area contributed by atoms with Crippen LogP contribution in [0.15, 0.2) is 59.0 Å². The van der Waals surface area contributed by atoms with Crippen LogP contribution in [0.4, 0.5) is 0 Å². The standard InChI is InChI=1S/C25H27N5O2/c1-16-8-6-7-9-19(16)15-26-23(31)18-10-12-20(13-11-18)30-22(25(3,4)5)14-21(29-30)24-28-27-17(2)32-24/h6-14H,15H2,1-5H3,(H,26,31). The van der Waals surface area contributed by atoms with Crippen molar-refractivity contribution in [1.29, 1.82) is 0 Å². The fourth-order valence-corrected chi connectivity index (χ4v) is 3.46. The first kappa shape index (κ1) is 21.5. The zero-order chi connectivity index (χ0) is 22.9. The quantitative estimate of drug-likeness (QED) is 0.494. The lowest BCUT2D eigenvalue weighted by Crippen LogP contribution is -2.23. The van der Waals surface area contributed by atoms with E-state index in [9.17, 15) is 4.79 Å². The average Bonchev–Trinajstić information content (AvgIpc) is 3.39. The third kappa shape index (κ3) is 4.46. The molecular weight excluding hydrogens is 402 g/mol. The Morgan fingerprint density at radius 1 is 1.03 bits per heavy atom. The van der Waals surface area contributed by atoms with E-state index in [1.165, 1.54) is 0 Å². The van der Waals surface area contributed by atoms with E-state index in [0.29, 0.717) is 29.6 Å². The van der Waals surface area contributed by atoms with Gasteiger partial charge < -0.3 is 9.73 Å². The van der Waals surface area contributed by atoms with Crippen LogP contribution in [0.25, 0.3) is 17.3 Å². The Kier molecular flexibility index (Phi) is 5.65. The van der Waals surface area contributed by atoms with E-state index in [1.807, 2.05) is 66.2 Å². The fraction of sp³-hybridized carbons (Fsp3) is 0.280. The molecule has 0 spiro atoms. The Balaban J connectivity index is 1.57. The van der Waals surface area contributed by atoms with E-state index in [2.05, 4.69) is 36.3 Å². The topological polar surface area (TPSA) is 85.8 Å². The number of benzene rings is 2. The van der Waals surface area contributed by atoms with Crippen molar-refractivity contribution in [2.24, 2.45) is 0 Å². The van der Waals surface area contributed by atoms with Crippen LogP contribution in [0.5, 0.6) is 0 Å². The first-order chi connectivity index (χ1) is 15.2. The zero-order valence-electron chi connectivity index (χ0n) is 19.0. The second-order valence-electron chi connectivity index (χ2n) is 8.86. The number of amides is 1. The van der Waals surface area contributed by atoms with Crippen molar-refractivity contribution in [2.45, 2.75) is 46.6 Å². The largest absolute Gasteiger partial charge is 0.420 e. The van der Waals surface area contributed by atoms with Crippen LogP contribution in [0, 0.1) is 13.8 Å². The summed E-state index contributed by atoms with van der Waals surface area (Å²) in [6, 6.07) is 17.4. The number of nitrogens with zero attached hydrogens (tertiary/aromatic N) is 4. The lowest BCUT2D eigenvalue weighted by atomic mass is 9.91. The molecule has 0 saturated carbocycles. The summed E-state index contributed by atoms with van der Waals surface area (Å²) in [5.41, 5.74) is 5.17. The predicted molar refractivity (Wildman–Crippen MR) is 123 cm³/mol. The first-order valence-electron chi connectivity index (χ1n) is 10.6. The van der Waals surface area contributed by atoms with Crippen molar-refractivity contribution in [3.63, 3.8) is 0 Å². The van der Waals surface area contributed by atoms with Crippen LogP contribution in [-0.2, 0) is 12.0 Å². The molecule has 0 fully saturated rings. The van der Waals surface area contributed by atoms with Crippen molar-refractivity contribution in [1.82, 2.24) is 25.3 Å². The minimum Gasteiger partial charge on any atom is -0.420 e. The zero-order valence-corrected chi connectivity index (χ0v) is 19.0. The highest BCUT2D eigenvalue weighted by atomic mass is 16.4. The normalized spacial score (nSPS) is 11.5. The van der Waals surface area contributed by atoms with E-state index < -0.39 is 0 Å². The molecule has 164 valence electrons. The number of carbonyl (C=O) groups excluding carboxylic acids is 1. The van der Waals surface area contributed by atoms with Gasteiger partial charge in [-0.05, 0) is 48.4 Å². The second-order valence-corrected chi connectivity index (χ2v) is 8.86. The fourth-order valence-electron chi connectivity index (χ4n) is 3.46. The summed E-state index contributed by atoms with van der Waals surface area (Å²) in [5, 5.41) is 15.7. The SMILES string of the molecule is Cc1nnc(-c2cc(C(C)(C)C)n(-c3ccc(C(=O)NCc4ccccc4C)cc3)n2)o1. The summed E-state index contributed by atoms with van der Waals surface area (Å²) in [5.74, 6) is 0.769. The molecule has 0 atom stereocenters. The van der Waals surface area contributed by atoms with Gasteiger partial charge in [0.1, 0.15) is 5.69 Å². The molecule has 0 aliphatic heterocycles. The third-order valence-electron chi connectivity index (χ3n) is 5.30. The monoisotopic (exact) mass is 429 g/mol. The number of hydrogen-bond donors (Lipinski definition) is 1. The number of hydrogen-bond acceptors (Lipinski definition) is 5. The highest BCUT2D eigenvalue weighted by Gasteiger charge is 2.24. The van der Waals surface area contributed by atoms with Gasteiger partial charge in [0.05, 0.1) is 11.4 Å². The van der Waals surface area contributed by atoms with Gasteiger partial charge in [0.15, 0.2) is 0 Å². The van der Waals surface area contributed by atoms with Gasteiger partial charge in [-0.15, -0.1) is 10.2 Å². The maximum absolute atomic E-state index is 12.6. The van der Waals surface area contributed by atoms with Gasteiger partial charge in [-0.3, -0.25) is 4.79 Å². The minimum absolute atomic E-state index is 0.113. The summed E-state index contributed by atoms with van der Waals surface area (Å²) < 4.78 is 7.42. The molecule has 32 heavy (non-hydrogen) atoms. The Labute approximate surface area is 187 Å². The van der Waals surface area contributed by atoms with Crippen molar-refractivity contribution < 1.29 is 9.21 Å². The maximum Gasteiger partial charge on any atom is 0.268 e. The molecule has 0 unspecified atom stereocenters. The van der Waals surface area contributed by atoms with Gasteiger partial charge in [0, 0.05) is 24.4 Å². The first-order valence-corrected chi connectivity index (χ1v) is 10.6. The summed E-state index contributed by atoms with van der Waals surface area (Å²) >= 11 is 0. The Morgan fingerprint density at radius 2 is 1.75 bits per heavy atom. The van der Waals surface area contributed by atoms with E-state index >= 15 is 0 Å². The molecular formula is C25H27N5O2. The number of nitrogens with one attached hydrogen (secondary N) is 1. The summed E-state index contributed by atoms with van der Waals surface area (Å²) in [7, 11) is 0. The number of aromatic nitrogens is 4. The third-order valence-corrected chi connectivity index (χ3v) is 5.30. The molecule has 4 rings (SSSR count). The molecule has 0 radical (unpaired) electrons. The Morgan fingerprint density at radius 3 is 2.38 bits per heavy atom. The molecule has 2 heterocycles. The number of aryl methyl sites for hydroxylation is 2. The highest BCUT2D eigenvalue weighted by Crippen LogP contribution is 2.29. The maximum atomic E-state index is 12.6. The summed E-state index contributed by atoms with van der Waals surface area (Å²) in [6.45, 7) is 10.6. The van der Waals surface area contributed by atoms with E-state index in [4.69, 9.17) is 9.52 Å². The summed E-state index contributed by atoms with van der Waals surface area (Å²) in [6.07, 6.45) is 0. The second kappa shape index (κ2) is 8.42. The molecule has 0 bridgehead atoms. The molecule has 2 aromatic heterocycles. The van der Waals surface area contributed by atoms with Gasteiger partial charge >= 0.3 is 0 Å². The Hall–Kier alpha value is -3.74. The van der Waals surface area contributed by atoms with Crippen molar-refractivity contribution >= 4 is 5.91 Å². The van der Waals surface area contributed by atoms with Gasteiger partial charge in [0.25, 0.3) is 11.8 Å². The molecule has 4 aromatic rings. The Bertz CT molecular complexity index is 1250. The smallest absolute Gasteiger partial charge is 0.268 e. The molecule has 0 aliphatic carbocycles. The number of rotatable bonds is 5. The van der Waals surface area contributed by atoms with E-state index in [-0.39, 0.29) is 11.3 Å². The average molecular weight is 430 g/mol. The van der Waals surface area contributed by atoms with Crippen LogP contribution < -0.4 is 5.32 Å². The van der Waals surface area contributed by atoms with Gasteiger partial charge in [-0.25, -0.2) is 4.68 Å². The molecule has 2 aromatic carbocycles. The van der Waals surface area contributed by atoms with Gasteiger partial charge in [-0.2, -0.15) is 5.10 Å². The van der Waals surface area contributed by atoms with Crippen LogP contribution in [0.2, 0.25) is 0 Å². The molecule has 1 N–H and O–H groups in total. The predicted octanol–water partition coefficient (Wildman–Crippen LogP) is 4.77. The molecule has 0 aliphatic rings. The molecule has 7 heteroatoms. The molecule has 0 saturated heterocycles. The van der Waals surface area contributed by atoms with Crippen molar-refractivity contribution in [3.8, 4) is 17.3 Å². The summed E-state index contributed by atoms with van der Waals surface area (Å²) in [4.78, 5) is 12.6. The lowest BCUT2D eigenvalue weighted by molar-refractivity contribution is 0.0951. The molecule has 1 amide bonds. The van der Waals surface area contributed by atoms with Crippen LogP contribution in [0.3, 0.4) is 0 Å². The van der Waals surface area contributed by atoms with Crippen LogP contribution in [-0.4, -0.2) is 25.9 Å². The van der Waals surface area contributed by atoms with E-state index in [0.717, 1.165) is 22.5 Å². The van der Waals surface area contributed by atoms with E-state index in [1.54, 1.807) is 6.92 Å². The minimum atomic E-state index is -0.163. The highest BCUT2D eigenvalue weighted by molar-refractivity contribution is 5.94. The van der Waals surface area contributed by atoms with Crippen LogP contribution in [0.1, 0.15) is 53.8 Å². The van der Waals surface area contributed by atoms with Crippen molar-refractivity contribution in [2.75, 3.05) is 0 Å². The lowest BCUT2D eigenvalue weighted by Gasteiger charge is -2.20. The molecule has 7 nitrogen and oxygen atoms in total. The van der Waals surface area contributed by atoms with Gasteiger partial charge in [0.2, 0.25) is 5.89 Å². The van der Waals surface area contributed by atoms with Crippen LogP contribution >= 0.6 is 0 Å².